The monoisotopic (exact) mass is 322 g/mol. The summed E-state index contributed by atoms with van der Waals surface area (Å²) in [6.07, 6.45) is 4.04. The molecule has 3 rings (SSSR count). The first kappa shape index (κ1) is 13.1. The third kappa shape index (κ3) is 3.00. The van der Waals surface area contributed by atoms with Gasteiger partial charge in [0.05, 0.1) is 0 Å². The Bertz CT molecular complexity index is 461. The van der Waals surface area contributed by atoms with Crippen LogP contribution >= 0.6 is 15.9 Å². The number of amides is 1. The second-order valence-corrected chi connectivity index (χ2v) is 6.45. The summed E-state index contributed by atoms with van der Waals surface area (Å²) in [5.41, 5.74) is 1.43. The minimum atomic E-state index is 0.192. The molecule has 1 aromatic rings. The van der Waals surface area contributed by atoms with Crippen LogP contribution in [0.15, 0.2) is 28.7 Å². The third-order valence-electron chi connectivity index (χ3n) is 4.22. The van der Waals surface area contributed by atoms with E-state index in [0.29, 0.717) is 24.4 Å². The zero-order chi connectivity index (χ0) is 13.2. The Balaban J connectivity index is 1.48. The van der Waals surface area contributed by atoms with E-state index < -0.39 is 0 Å². The Hall–Kier alpha value is -0.870. The summed E-state index contributed by atoms with van der Waals surface area (Å²) < 4.78 is 1.23. The highest BCUT2D eigenvalue weighted by molar-refractivity contribution is 9.10. The minimum Gasteiger partial charge on any atom is -0.355 e. The van der Waals surface area contributed by atoms with Gasteiger partial charge in [0.25, 0.3) is 0 Å². The molecule has 1 amide bonds. The molecule has 102 valence electrons. The molecular formula is C15H19BrN2O. The number of rotatable bonds is 3. The first-order valence-corrected chi connectivity index (χ1v) is 7.79. The van der Waals surface area contributed by atoms with E-state index in [1.165, 1.54) is 22.9 Å². The van der Waals surface area contributed by atoms with Gasteiger partial charge in [0.1, 0.15) is 0 Å². The molecule has 19 heavy (non-hydrogen) atoms. The van der Waals surface area contributed by atoms with Gasteiger partial charge in [-0.1, -0.05) is 34.1 Å². The second kappa shape index (κ2) is 5.63. The smallest absolute Gasteiger partial charge is 0.220 e. The number of piperidine rings is 1. The van der Waals surface area contributed by atoms with Gasteiger partial charge in [-0.05, 0) is 36.8 Å². The largest absolute Gasteiger partial charge is 0.355 e. The zero-order valence-corrected chi connectivity index (χ0v) is 12.4. The molecule has 0 aromatic heterocycles. The van der Waals surface area contributed by atoms with Crippen molar-refractivity contribution in [1.82, 2.24) is 10.6 Å². The molecule has 3 nitrogen and oxygen atoms in total. The number of hydrogen-bond acceptors (Lipinski definition) is 2. The Morgan fingerprint density at radius 1 is 1.21 bits per heavy atom. The van der Waals surface area contributed by atoms with Crippen LogP contribution in [0.3, 0.4) is 0 Å². The molecule has 2 fully saturated rings. The Kier molecular flexibility index (Phi) is 3.89. The standard InChI is InChI=1S/C15H19BrN2O/c16-14-4-2-1-3-13(14)10-7-12(8-10)18-11-5-6-15(19)17-9-11/h1-4,10-12,18H,5-9H2,(H,17,19). The quantitative estimate of drug-likeness (QED) is 0.898. The minimum absolute atomic E-state index is 0.192. The first-order chi connectivity index (χ1) is 9.22. The summed E-state index contributed by atoms with van der Waals surface area (Å²) in [6, 6.07) is 9.57. The van der Waals surface area contributed by atoms with E-state index in [1.54, 1.807) is 0 Å². The van der Waals surface area contributed by atoms with Crippen molar-refractivity contribution < 1.29 is 4.79 Å². The summed E-state index contributed by atoms with van der Waals surface area (Å²) >= 11 is 3.63. The maximum Gasteiger partial charge on any atom is 0.220 e. The molecule has 1 saturated carbocycles. The summed E-state index contributed by atoms with van der Waals surface area (Å²) in [5.74, 6) is 0.865. The van der Waals surface area contributed by atoms with Crippen molar-refractivity contribution >= 4 is 21.8 Å². The average Bonchev–Trinajstić information content (AvgIpc) is 2.37. The van der Waals surface area contributed by atoms with Crippen LogP contribution in [0.25, 0.3) is 0 Å². The predicted octanol–water partition coefficient (Wildman–Crippen LogP) is 2.56. The predicted molar refractivity (Wildman–Crippen MR) is 79.1 cm³/mol. The molecule has 0 spiro atoms. The molecule has 1 aliphatic heterocycles. The summed E-state index contributed by atoms with van der Waals surface area (Å²) in [4.78, 5) is 11.1. The molecule has 1 atom stereocenters. The van der Waals surface area contributed by atoms with Crippen LogP contribution in [0.4, 0.5) is 0 Å². The van der Waals surface area contributed by atoms with Crippen LogP contribution < -0.4 is 10.6 Å². The van der Waals surface area contributed by atoms with Crippen molar-refractivity contribution in [1.29, 1.82) is 0 Å². The van der Waals surface area contributed by atoms with E-state index in [9.17, 15) is 4.79 Å². The topological polar surface area (TPSA) is 41.1 Å². The Morgan fingerprint density at radius 2 is 2.00 bits per heavy atom. The fourth-order valence-electron chi connectivity index (χ4n) is 3.02. The molecule has 2 N–H and O–H groups in total. The van der Waals surface area contributed by atoms with Gasteiger partial charge in [-0.25, -0.2) is 0 Å². The highest BCUT2D eigenvalue weighted by atomic mass is 79.9. The van der Waals surface area contributed by atoms with E-state index in [4.69, 9.17) is 0 Å². The van der Waals surface area contributed by atoms with Crippen LogP contribution in [0.1, 0.15) is 37.2 Å². The van der Waals surface area contributed by atoms with Gasteiger partial charge in [-0.3, -0.25) is 4.79 Å². The SMILES string of the molecule is O=C1CCC(NC2CC(c3ccccc3Br)C2)CN1. The lowest BCUT2D eigenvalue weighted by Crippen LogP contribution is -2.52. The van der Waals surface area contributed by atoms with E-state index in [0.717, 1.165) is 13.0 Å². The molecule has 1 aliphatic carbocycles. The number of carbonyl (C=O) groups excluding carboxylic acids is 1. The van der Waals surface area contributed by atoms with Gasteiger partial charge in [0.2, 0.25) is 5.91 Å². The summed E-state index contributed by atoms with van der Waals surface area (Å²) in [6.45, 7) is 0.787. The fourth-order valence-corrected chi connectivity index (χ4v) is 3.63. The van der Waals surface area contributed by atoms with Crippen LogP contribution in [0.5, 0.6) is 0 Å². The number of halogens is 1. The van der Waals surface area contributed by atoms with E-state index in [-0.39, 0.29) is 5.91 Å². The van der Waals surface area contributed by atoms with Crippen LogP contribution in [-0.2, 0) is 4.79 Å². The lowest BCUT2D eigenvalue weighted by atomic mass is 9.75. The van der Waals surface area contributed by atoms with E-state index in [1.807, 2.05) is 0 Å². The molecule has 0 radical (unpaired) electrons. The fraction of sp³-hybridized carbons (Fsp3) is 0.533. The molecule has 0 bridgehead atoms. The molecular weight excluding hydrogens is 304 g/mol. The number of hydrogen-bond donors (Lipinski definition) is 2. The molecule has 1 aromatic carbocycles. The normalized spacial score (nSPS) is 30.6. The number of carbonyl (C=O) groups is 1. The summed E-state index contributed by atoms with van der Waals surface area (Å²) in [7, 11) is 0. The Morgan fingerprint density at radius 3 is 2.68 bits per heavy atom. The van der Waals surface area contributed by atoms with E-state index >= 15 is 0 Å². The first-order valence-electron chi connectivity index (χ1n) is 6.99. The van der Waals surface area contributed by atoms with E-state index in [2.05, 4.69) is 50.8 Å². The van der Waals surface area contributed by atoms with Crippen molar-refractivity contribution in [2.45, 2.75) is 43.7 Å². The van der Waals surface area contributed by atoms with Crippen molar-refractivity contribution in [3.05, 3.63) is 34.3 Å². The van der Waals surface area contributed by atoms with Gasteiger partial charge in [-0.15, -0.1) is 0 Å². The van der Waals surface area contributed by atoms with Crippen molar-refractivity contribution in [3.63, 3.8) is 0 Å². The molecule has 1 unspecified atom stereocenters. The maximum absolute atomic E-state index is 11.1. The highest BCUT2D eigenvalue weighted by Crippen LogP contribution is 2.40. The Labute approximate surface area is 122 Å². The van der Waals surface area contributed by atoms with Crippen molar-refractivity contribution in [2.24, 2.45) is 0 Å². The maximum atomic E-state index is 11.1. The van der Waals surface area contributed by atoms with Crippen LogP contribution in [-0.4, -0.2) is 24.5 Å². The van der Waals surface area contributed by atoms with Gasteiger partial charge in [0.15, 0.2) is 0 Å². The lowest BCUT2D eigenvalue weighted by molar-refractivity contribution is -0.122. The van der Waals surface area contributed by atoms with Crippen molar-refractivity contribution in [2.75, 3.05) is 6.54 Å². The van der Waals surface area contributed by atoms with Crippen LogP contribution in [0.2, 0.25) is 0 Å². The lowest BCUT2D eigenvalue weighted by Gasteiger charge is -2.40. The van der Waals surface area contributed by atoms with Crippen LogP contribution in [0, 0.1) is 0 Å². The molecule has 4 heteroatoms. The van der Waals surface area contributed by atoms with Gasteiger partial charge >= 0.3 is 0 Å². The number of nitrogens with one attached hydrogen (secondary N) is 2. The third-order valence-corrected chi connectivity index (χ3v) is 4.94. The zero-order valence-electron chi connectivity index (χ0n) is 10.9. The molecule has 1 saturated heterocycles. The second-order valence-electron chi connectivity index (χ2n) is 5.59. The van der Waals surface area contributed by atoms with Gasteiger partial charge in [-0.2, -0.15) is 0 Å². The van der Waals surface area contributed by atoms with Crippen molar-refractivity contribution in [3.8, 4) is 0 Å². The molecule has 1 heterocycles. The number of benzene rings is 1. The molecule has 2 aliphatic rings. The van der Waals surface area contributed by atoms with Gasteiger partial charge < -0.3 is 10.6 Å². The average molecular weight is 323 g/mol. The van der Waals surface area contributed by atoms with Gasteiger partial charge in [0, 0.05) is 29.5 Å². The highest BCUT2D eigenvalue weighted by Gasteiger charge is 2.33. The summed E-state index contributed by atoms with van der Waals surface area (Å²) in [5, 5.41) is 6.59.